The first-order chi connectivity index (χ1) is 13.0. The van der Waals surface area contributed by atoms with Crippen LogP contribution in [0.4, 0.5) is 0 Å². The SMILES string of the molecule is Cc1ccc2nc(SCC(=O)N[C@@H]3C[C@H]4CO[C@@H](C)CN4C3)cc(C)c2c1. The highest BCUT2D eigenvalue weighted by Gasteiger charge is 2.36. The van der Waals surface area contributed by atoms with Gasteiger partial charge in [0.1, 0.15) is 0 Å². The molecule has 0 aliphatic carbocycles. The van der Waals surface area contributed by atoms with Crippen molar-refractivity contribution in [3.05, 3.63) is 35.4 Å². The van der Waals surface area contributed by atoms with Crippen LogP contribution in [0, 0.1) is 13.8 Å². The van der Waals surface area contributed by atoms with Crippen molar-refractivity contribution in [2.45, 2.75) is 50.4 Å². The third-order valence-electron chi connectivity index (χ3n) is 5.46. The largest absolute Gasteiger partial charge is 0.376 e. The van der Waals surface area contributed by atoms with Gasteiger partial charge in [-0.3, -0.25) is 9.69 Å². The molecule has 2 aliphatic rings. The first-order valence-electron chi connectivity index (χ1n) is 9.64. The summed E-state index contributed by atoms with van der Waals surface area (Å²) in [5.41, 5.74) is 3.43. The van der Waals surface area contributed by atoms with Crippen LogP contribution in [0.25, 0.3) is 10.9 Å². The molecule has 0 bridgehead atoms. The molecule has 0 spiro atoms. The second-order valence-corrected chi connectivity index (χ2v) is 8.83. The van der Waals surface area contributed by atoms with E-state index in [4.69, 9.17) is 9.72 Å². The van der Waals surface area contributed by atoms with Gasteiger partial charge in [-0.1, -0.05) is 23.4 Å². The molecule has 3 atom stereocenters. The van der Waals surface area contributed by atoms with E-state index in [0.717, 1.165) is 36.7 Å². The zero-order valence-corrected chi connectivity index (χ0v) is 17.0. The zero-order chi connectivity index (χ0) is 19.0. The summed E-state index contributed by atoms with van der Waals surface area (Å²) in [5, 5.41) is 5.29. The monoisotopic (exact) mass is 385 g/mol. The summed E-state index contributed by atoms with van der Waals surface area (Å²) >= 11 is 1.51. The van der Waals surface area contributed by atoms with Crippen LogP contribution < -0.4 is 5.32 Å². The van der Waals surface area contributed by atoms with Crippen LogP contribution in [0.3, 0.4) is 0 Å². The number of aromatic nitrogens is 1. The van der Waals surface area contributed by atoms with Gasteiger partial charge >= 0.3 is 0 Å². The molecule has 1 aromatic heterocycles. The van der Waals surface area contributed by atoms with Gasteiger partial charge in [0, 0.05) is 30.6 Å². The molecule has 27 heavy (non-hydrogen) atoms. The van der Waals surface area contributed by atoms with Crippen molar-refractivity contribution in [1.82, 2.24) is 15.2 Å². The number of nitrogens with zero attached hydrogens (tertiary/aromatic N) is 2. The van der Waals surface area contributed by atoms with Gasteiger partial charge in [-0.2, -0.15) is 0 Å². The number of thioether (sulfide) groups is 1. The number of morpholine rings is 1. The fraction of sp³-hybridized carbons (Fsp3) is 0.524. The number of aryl methyl sites for hydroxylation is 2. The molecule has 2 saturated heterocycles. The smallest absolute Gasteiger partial charge is 0.230 e. The Morgan fingerprint density at radius 3 is 3.04 bits per heavy atom. The average molecular weight is 386 g/mol. The van der Waals surface area contributed by atoms with Gasteiger partial charge in [-0.25, -0.2) is 4.98 Å². The average Bonchev–Trinajstić information content (AvgIpc) is 3.02. The van der Waals surface area contributed by atoms with E-state index < -0.39 is 0 Å². The fourth-order valence-electron chi connectivity index (χ4n) is 4.10. The summed E-state index contributed by atoms with van der Waals surface area (Å²) < 4.78 is 5.74. The first-order valence-corrected chi connectivity index (χ1v) is 10.6. The molecule has 1 N–H and O–H groups in total. The molecule has 0 unspecified atom stereocenters. The molecule has 5 nitrogen and oxygen atoms in total. The van der Waals surface area contributed by atoms with E-state index in [1.807, 2.05) is 0 Å². The highest BCUT2D eigenvalue weighted by atomic mass is 32.2. The summed E-state index contributed by atoms with van der Waals surface area (Å²) in [6.45, 7) is 8.98. The Kier molecular flexibility index (Phi) is 5.39. The molecule has 4 rings (SSSR count). The van der Waals surface area contributed by atoms with Crippen molar-refractivity contribution in [3.8, 4) is 0 Å². The van der Waals surface area contributed by atoms with Crippen LogP contribution in [-0.4, -0.2) is 59.4 Å². The molecule has 1 amide bonds. The molecule has 2 fully saturated rings. The van der Waals surface area contributed by atoms with Gasteiger partial charge in [0.05, 0.1) is 29.0 Å². The summed E-state index contributed by atoms with van der Waals surface area (Å²) in [6.07, 6.45) is 1.27. The number of benzene rings is 1. The number of hydrogen-bond acceptors (Lipinski definition) is 5. The third kappa shape index (κ3) is 4.28. The standard InChI is InChI=1S/C21H27N3O2S/c1-13-4-5-19-18(6-13)14(2)7-21(23-19)27-12-20(25)22-16-8-17-11-26-15(3)9-24(17)10-16/h4-7,15-17H,8-12H2,1-3H3,(H,22,25)/t15-,16+,17-/m0/s1. The number of carbonyl (C=O) groups excluding carboxylic acids is 1. The topological polar surface area (TPSA) is 54.5 Å². The van der Waals surface area contributed by atoms with Crippen LogP contribution in [0.5, 0.6) is 0 Å². The van der Waals surface area contributed by atoms with Gasteiger partial charge < -0.3 is 10.1 Å². The maximum Gasteiger partial charge on any atom is 0.230 e. The van der Waals surface area contributed by atoms with Crippen LogP contribution >= 0.6 is 11.8 Å². The van der Waals surface area contributed by atoms with E-state index in [1.165, 1.54) is 28.3 Å². The second kappa shape index (κ2) is 7.78. The summed E-state index contributed by atoms with van der Waals surface area (Å²) in [7, 11) is 0. The number of ether oxygens (including phenoxy) is 1. The number of pyridine rings is 1. The van der Waals surface area contributed by atoms with Gasteiger partial charge in [0.25, 0.3) is 0 Å². The molecule has 2 aromatic rings. The maximum atomic E-state index is 12.4. The van der Waals surface area contributed by atoms with Crippen LogP contribution in [0.2, 0.25) is 0 Å². The number of nitrogens with one attached hydrogen (secondary N) is 1. The Bertz CT molecular complexity index is 857. The Morgan fingerprint density at radius 1 is 1.33 bits per heavy atom. The predicted octanol–water partition coefficient (Wildman–Crippen LogP) is 2.92. The fourth-order valence-corrected chi connectivity index (χ4v) is 4.89. The molecular formula is C21H27N3O2S. The first kappa shape index (κ1) is 18.7. The van der Waals surface area contributed by atoms with Crippen LogP contribution in [0.1, 0.15) is 24.5 Å². The van der Waals surface area contributed by atoms with Gasteiger partial charge in [0.2, 0.25) is 5.91 Å². The van der Waals surface area contributed by atoms with E-state index in [0.29, 0.717) is 11.8 Å². The lowest BCUT2D eigenvalue weighted by Crippen LogP contribution is -2.45. The lowest BCUT2D eigenvalue weighted by Gasteiger charge is -2.33. The summed E-state index contributed by atoms with van der Waals surface area (Å²) in [4.78, 5) is 19.6. The lowest BCUT2D eigenvalue weighted by molar-refractivity contribution is -0.119. The highest BCUT2D eigenvalue weighted by Crippen LogP contribution is 2.25. The van der Waals surface area contributed by atoms with Crippen molar-refractivity contribution in [3.63, 3.8) is 0 Å². The van der Waals surface area contributed by atoms with Crippen molar-refractivity contribution < 1.29 is 9.53 Å². The number of rotatable bonds is 4. The van der Waals surface area contributed by atoms with E-state index in [1.54, 1.807) is 0 Å². The maximum absolute atomic E-state index is 12.4. The normalized spacial score (nSPS) is 25.5. The zero-order valence-electron chi connectivity index (χ0n) is 16.2. The van der Waals surface area contributed by atoms with Crippen molar-refractivity contribution >= 4 is 28.6 Å². The summed E-state index contributed by atoms with van der Waals surface area (Å²) in [6, 6.07) is 9.06. The molecule has 0 saturated carbocycles. The summed E-state index contributed by atoms with van der Waals surface area (Å²) in [5.74, 6) is 0.486. The minimum absolute atomic E-state index is 0.0854. The third-order valence-corrected chi connectivity index (χ3v) is 6.37. The van der Waals surface area contributed by atoms with Crippen molar-refractivity contribution in [1.29, 1.82) is 0 Å². The van der Waals surface area contributed by atoms with Crippen LogP contribution in [-0.2, 0) is 9.53 Å². The Morgan fingerprint density at radius 2 is 2.19 bits per heavy atom. The molecule has 2 aliphatic heterocycles. The second-order valence-electron chi connectivity index (χ2n) is 7.84. The molecule has 0 radical (unpaired) electrons. The van der Waals surface area contributed by atoms with Gasteiger partial charge in [-0.05, 0) is 51.0 Å². The Balaban J connectivity index is 1.33. The van der Waals surface area contributed by atoms with Crippen molar-refractivity contribution in [2.24, 2.45) is 0 Å². The van der Waals surface area contributed by atoms with E-state index >= 15 is 0 Å². The van der Waals surface area contributed by atoms with E-state index in [9.17, 15) is 4.79 Å². The quantitative estimate of drug-likeness (QED) is 0.820. The predicted molar refractivity (Wildman–Crippen MR) is 109 cm³/mol. The van der Waals surface area contributed by atoms with Gasteiger partial charge in [-0.15, -0.1) is 0 Å². The minimum Gasteiger partial charge on any atom is -0.376 e. The minimum atomic E-state index is 0.0854. The van der Waals surface area contributed by atoms with Crippen molar-refractivity contribution in [2.75, 3.05) is 25.4 Å². The highest BCUT2D eigenvalue weighted by molar-refractivity contribution is 7.99. The van der Waals surface area contributed by atoms with E-state index in [-0.39, 0.29) is 18.1 Å². The van der Waals surface area contributed by atoms with Crippen LogP contribution in [0.15, 0.2) is 29.3 Å². The van der Waals surface area contributed by atoms with Gasteiger partial charge in [0.15, 0.2) is 0 Å². The number of hydrogen-bond donors (Lipinski definition) is 1. The molecular weight excluding hydrogens is 358 g/mol. The van der Waals surface area contributed by atoms with E-state index in [2.05, 4.69) is 55.3 Å². The molecule has 6 heteroatoms. The number of fused-ring (bicyclic) bond motifs is 2. The Hall–Kier alpha value is -1.63. The number of amides is 1. The molecule has 1 aromatic carbocycles. The Labute approximate surface area is 164 Å². The molecule has 144 valence electrons. The molecule has 3 heterocycles. The number of carbonyl (C=O) groups is 1. The lowest BCUT2D eigenvalue weighted by atomic mass is 10.1.